The van der Waals surface area contributed by atoms with Crippen molar-refractivity contribution in [3.05, 3.63) is 68.2 Å². The topological polar surface area (TPSA) is 141 Å². The van der Waals surface area contributed by atoms with E-state index in [2.05, 4.69) is 5.32 Å². The van der Waals surface area contributed by atoms with Crippen LogP contribution in [0, 0.1) is 21.4 Å². The van der Waals surface area contributed by atoms with E-state index in [0.29, 0.717) is 12.2 Å². The van der Waals surface area contributed by atoms with Gasteiger partial charge >= 0.3 is 5.97 Å². The second-order valence-corrected chi connectivity index (χ2v) is 6.55. The summed E-state index contributed by atoms with van der Waals surface area (Å²) in [6, 6.07) is 9.73. The zero-order chi connectivity index (χ0) is 23.7. The fourth-order valence-electron chi connectivity index (χ4n) is 2.47. The molecule has 0 fully saturated rings. The summed E-state index contributed by atoms with van der Waals surface area (Å²) in [4.78, 5) is 34.8. The maximum Gasteiger partial charge on any atom is 0.343 e. The third-order valence-electron chi connectivity index (χ3n) is 4.04. The average Bonchev–Trinajstić information content (AvgIpc) is 2.78. The monoisotopic (exact) mass is 459 g/mol. The molecular formula is C21H18ClN3O7. The van der Waals surface area contributed by atoms with E-state index < -0.39 is 22.5 Å². The van der Waals surface area contributed by atoms with Crippen molar-refractivity contribution in [2.45, 2.75) is 0 Å². The van der Waals surface area contributed by atoms with E-state index in [1.807, 2.05) is 6.07 Å². The van der Waals surface area contributed by atoms with Crippen LogP contribution in [0.2, 0.25) is 5.02 Å². The summed E-state index contributed by atoms with van der Waals surface area (Å²) in [5.74, 6) is -1.24. The molecule has 32 heavy (non-hydrogen) atoms. The van der Waals surface area contributed by atoms with Gasteiger partial charge in [-0.2, -0.15) is 5.26 Å². The minimum Gasteiger partial charge on any atom is -0.493 e. The largest absolute Gasteiger partial charge is 0.493 e. The Morgan fingerprint density at radius 3 is 2.59 bits per heavy atom. The second kappa shape index (κ2) is 11.5. The first-order chi connectivity index (χ1) is 15.3. The van der Waals surface area contributed by atoms with Crippen LogP contribution in [0.4, 0.5) is 5.69 Å². The lowest BCUT2D eigenvalue weighted by Gasteiger charge is -2.10. The maximum atomic E-state index is 12.4. The average molecular weight is 460 g/mol. The number of benzene rings is 2. The molecule has 1 amide bonds. The van der Waals surface area contributed by atoms with Crippen molar-refractivity contribution < 1.29 is 28.7 Å². The number of nitriles is 1. The molecule has 0 saturated heterocycles. The van der Waals surface area contributed by atoms with Crippen LogP contribution < -0.4 is 14.8 Å². The van der Waals surface area contributed by atoms with E-state index in [0.717, 1.165) is 6.07 Å². The van der Waals surface area contributed by atoms with E-state index in [4.69, 9.17) is 25.8 Å². The number of nitrogens with one attached hydrogen (secondary N) is 1. The first kappa shape index (κ1) is 24.3. The quantitative estimate of drug-likeness (QED) is 0.115. The van der Waals surface area contributed by atoms with Crippen molar-refractivity contribution in [3.63, 3.8) is 0 Å². The Bertz CT molecular complexity index is 1110. The Labute approximate surface area is 188 Å². The van der Waals surface area contributed by atoms with Crippen molar-refractivity contribution in [1.82, 2.24) is 5.32 Å². The third-order valence-corrected chi connectivity index (χ3v) is 4.36. The Kier molecular flexibility index (Phi) is 8.71. The van der Waals surface area contributed by atoms with Crippen LogP contribution in [0.25, 0.3) is 6.08 Å². The summed E-state index contributed by atoms with van der Waals surface area (Å²) in [7, 11) is 2.83. The molecule has 11 heteroatoms. The fraction of sp³-hybridized carbons (Fsp3) is 0.190. The van der Waals surface area contributed by atoms with Gasteiger partial charge in [0, 0.05) is 19.7 Å². The van der Waals surface area contributed by atoms with Gasteiger partial charge in [-0.25, -0.2) is 4.79 Å². The van der Waals surface area contributed by atoms with Crippen LogP contribution in [0.3, 0.4) is 0 Å². The molecule has 0 bridgehead atoms. The molecule has 0 atom stereocenters. The first-order valence-corrected chi connectivity index (χ1v) is 9.41. The van der Waals surface area contributed by atoms with Gasteiger partial charge in [0.25, 0.3) is 11.6 Å². The van der Waals surface area contributed by atoms with Gasteiger partial charge in [-0.15, -0.1) is 0 Å². The fourth-order valence-corrected chi connectivity index (χ4v) is 2.66. The van der Waals surface area contributed by atoms with Gasteiger partial charge in [0.2, 0.25) is 0 Å². The smallest absolute Gasteiger partial charge is 0.343 e. The van der Waals surface area contributed by atoms with Gasteiger partial charge in [-0.05, 0) is 35.9 Å². The summed E-state index contributed by atoms with van der Waals surface area (Å²) in [5, 5.41) is 22.7. The number of nitro groups is 1. The predicted octanol–water partition coefficient (Wildman–Crippen LogP) is 3.15. The number of nitrogens with zero attached hydrogens (tertiary/aromatic N) is 2. The number of ether oxygens (including phenoxy) is 3. The molecule has 0 radical (unpaired) electrons. The molecule has 0 aliphatic heterocycles. The van der Waals surface area contributed by atoms with E-state index >= 15 is 0 Å². The lowest BCUT2D eigenvalue weighted by Crippen LogP contribution is -2.27. The van der Waals surface area contributed by atoms with Crippen LogP contribution in [0.1, 0.15) is 15.9 Å². The summed E-state index contributed by atoms with van der Waals surface area (Å²) < 4.78 is 15.4. The van der Waals surface area contributed by atoms with Crippen molar-refractivity contribution in [2.24, 2.45) is 0 Å². The highest BCUT2D eigenvalue weighted by Gasteiger charge is 2.19. The molecule has 0 aliphatic rings. The third kappa shape index (κ3) is 6.28. The lowest BCUT2D eigenvalue weighted by atomic mass is 10.1. The predicted molar refractivity (Wildman–Crippen MR) is 115 cm³/mol. The van der Waals surface area contributed by atoms with Crippen molar-refractivity contribution in [3.8, 4) is 17.6 Å². The van der Waals surface area contributed by atoms with Gasteiger partial charge in [0.05, 0.1) is 24.2 Å². The molecule has 0 heterocycles. The maximum absolute atomic E-state index is 12.4. The highest BCUT2D eigenvalue weighted by molar-refractivity contribution is 6.32. The molecule has 0 unspecified atom stereocenters. The Balaban J connectivity index is 2.24. The van der Waals surface area contributed by atoms with Crippen molar-refractivity contribution in [1.29, 1.82) is 5.26 Å². The van der Waals surface area contributed by atoms with Gasteiger partial charge in [-0.1, -0.05) is 17.7 Å². The van der Waals surface area contributed by atoms with Crippen molar-refractivity contribution in [2.75, 3.05) is 27.4 Å². The summed E-state index contributed by atoms with van der Waals surface area (Å²) >= 11 is 5.76. The summed E-state index contributed by atoms with van der Waals surface area (Å²) in [6.07, 6.45) is 1.35. The molecule has 2 aromatic rings. The number of esters is 1. The van der Waals surface area contributed by atoms with E-state index in [1.54, 1.807) is 0 Å². The molecule has 2 aromatic carbocycles. The van der Waals surface area contributed by atoms with Crippen LogP contribution >= 0.6 is 11.6 Å². The molecule has 0 spiro atoms. The van der Waals surface area contributed by atoms with Gasteiger partial charge in [-0.3, -0.25) is 14.9 Å². The molecule has 0 saturated carbocycles. The van der Waals surface area contributed by atoms with Crippen molar-refractivity contribution >= 4 is 35.2 Å². The SMILES string of the molecule is COCCNC(=O)/C(C#N)=C/c1ccc(OC(=O)c2ccc(Cl)c([N+](=O)[O-])c2)c(OC)c1. The summed E-state index contributed by atoms with van der Waals surface area (Å²) in [6.45, 7) is 0.546. The van der Waals surface area contributed by atoms with Crippen LogP contribution in [0.5, 0.6) is 11.5 Å². The highest BCUT2D eigenvalue weighted by atomic mass is 35.5. The molecule has 0 aromatic heterocycles. The number of hydrogen-bond acceptors (Lipinski definition) is 8. The van der Waals surface area contributed by atoms with Gasteiger partial charge in [0.1, 0.15) is 16.7 Å². The number of nitro benzene ring substituents is 1. The zero-order valence-corrected chi connectivity index (χ0v) is 17.8. The highest BCUT2D eigenvalue weighted by Crippen LogP contribution is 2.31. The molecule has 2 rings (SSSR count). The normalized spacial score (nSPS) is 10.8. The minimum absolute atomic E-state index is 0.0373. The van der Waals surface area contributed by atoms with Gasteiger partial charge < -0.3 is 19.5 Å². The van der Waals surface area contributed by atoms with E-state index in [-0.39, 0.29) is 34.2 Å². The van der Waals surface area contributed by atoms with Gasteiger partial charge in [0.15, 0.2) is 11.5 Å². The Hall–Kier alpha value is -3.94. The number of carbonyl (C=O) groups excluding carboxylic acids is 2. The zero-order valence-electron chi connectivity index (χ0n) is 17.1. The van der Waals surface area contributed by atoms with Crippen LogP contribution in [-0.4, -0.2) is 44.2 Å². The molecule has 1 N–H and O–H groups in total. The van der Waals surface area contributed by atoms with E-state index in [1.165, 1.54) is 50.6 Å². The van der Waals surface area contributed by atoms with Crippen LogP contribution in [-0.2, 0) is 9.53 Å². The first-order valence-electron chi connectivity index (χ1n) is 9.03. The molecular weight excluding hydrogens is 442 g/mol. The minimum atomic E-state index is -0.860. The Morgan fingerprint density at radius 1 is 1.22 bits per heavy atom. The number of carbonyl (C=O) groups is 2. The second-order valence-electron chi connectivity index (χ2n) is 6.14. The number of amides is 1. The number of hydrogen-bond donors (Lipinski definition) is 1. The lowest BCUT2D eigenvalue weighted by molar-refractivity contribution is -0.384. The number of methoxy groups -OCH3 is 2. The molecule has 10 nitrogen and oxygen atoms in total. The number of halogens is 1. The summed E-state index contributed by atoms with van der Waals surface area (Å²) in [5.41, 5.74) is -0.198. The molecule has 166 valence electrons. The standard InChI is InChI=1S/C21H18ClN3O7/c1-30-8-7-24-20(26)15(12-23)9-13-3-6-18(19(10-13)31-2)32-21(27)14-4-5-16(22)17(11-14)25(28)29/h3-6,9-11H,7-8H2,1-2H3,(H,24,26)/b15-9+. The Morgan fingerprint density at radius 2 is 1.97 bits per heavy atom. The molecule has 0 aliphatic carbocycles. The van der Waals surface area contributed by atoms with Crippen LogP contribution in [0.15, 0.2) is 42.0 Å². The van der Waals surface area contributed by atoms with E-state index in [9.17, 15) is 25.0 Å². The number of rotatable bonds is 9.